The summed E-state index contributed by atoms with van der Waals surface area (Å²) < 4.78 is 11.0. The highest BCUT2D eigenvalue weighted by Crippen LogP contribution is 2.28. The Hall–Kier alpha value is -2.87. The average molecular weight is 360 g/mol. The van der Waals surface area contributed by atoms with Gasteiger partial charge in [-0.3, -0.25) is 4.79 Å². The van der Waals surface area contributed by atoms with E-state index in [2.05, 4.69) is 10.6 Å². The third-order valence-electron chi connectivity index (χ3n) is 3.47. The molecule has 25 heavy (non-hydrogen) atoms. The van der Waals surface area contributed by atoms with E-state index in [-0.39, 0.29) is 11.5 Å². The van der Waals surface area contributed by atoms with Crippen molar-refractivity contribution in [2.24, 2.45) is 0 Å². The SMILES string of the molecule is CNC(=O)c1cc2cc(NC=C3C(=O)OC(C)(C)OC3=O)ccc2s1. The lowest BCUT2D eigenvalue weighted by molar-refractivity contribution is -0.222. The summed E-state index contributed by atoms with van der Waals surface area (Å²) >= 11 is 1.38. The fourth-order valence-corrected chi connectivity index (χ4v) is 3.29. The van der Waals surface area contributed by atoms with Crippen LogP contribution in [-0.2, 0) is 19.1 Å². The molecule has 3 rings (SSSR count). The van der Waals surface area contributed by atoms with Crippen LogP contribution in [0.4, 0.5) is 5.69 Å². The van der Waals surface area contributed by atoms with Crippen LogP contribution >= 0.6 is 11.3 Å². The van der Waals surface area contributed by atoms with Crippen LogP contribution in [0, 0.1) is 0 Å². The summed E-state index contributed by atoms with van der Waals surface area (Å²) in [5, 5.41) is 6.35. The Balaban J connectivity index is 1.82. The van der Waals surface area contributed by atoms with Crippen LogP contribution in [0.3, 0.4) is 0 Å². The molecule has 0 bridgehead atoms. The van der Waals surface area contributed by atoms with Crippen molar-refractivity contribution in [2.75, 3.05) is 12.4 Å². The third-order valence-corrected chi connectivity index (χ3v) is 4.58. The first-order valence-corrected chi connectivity index (χ1v) is 8.30. The number of esters is 2. The van der Waals surface area contributed by atoms with Crippen molar-refractivity contribution in [1.29, 1.82) is 0 Å². The summed E-state index contributed by atoms with van der Waals surface area (Å²) in [7, 11) is 1.58. The van der Waals surface area contributed by atoms with Gasteiger partial charge in [0.05, 0.1) is 4.88 Å². The Kier molecular flexibility index (Phi) is 4.22. The van der Waals surface area contributed by atoms with E-state index in [0.29, 0.717) is 10.6 Å². The lowest BCUT2D eigenvalue weighted by Gasteiger charge is -2.29. The van der Waals surface area contributed by atoms with E-state index in [0.717, 1.165) is 10.1 Å². The molecule has 8 heteroatoms. The zero-order valence-electron chi connectivity index (χ0n) is 13.8. The molecular weight excluding hydrogens is 344 g/mol. The van der Waals surface area contributed by atoms with Crippen molar-refractivity contribution in [2.45, 2.75) is 19.6 Å². The number of amides is 1. The zero-order valence-corrected chi connectivity index (χ0v) is 14.7. The van der Waals surface area contributed by atoms with Gasteiger partial charge in [-0.25, -0.2) is 9.59 Å². The number of thiophene rings is 1. The molecular formula is C17H16N2O5S. The number of fused-ring (bicyclic) bond motifs is 1. The van der Waals surface area contributed by atoms with Crippen molar-refractivity contribution in [1.82, 2.24) is 5.32 Å². The van der Waals surface area contributed by atoms with Gasteiger partial charge in [-0.1, -0.05) is 0 Å². The molecule has 1 aliphatic heterocycles. The number of nitrogens with one attached hydrogen (secondary N) is 2. The molecule has 1 saturated heterocycles. The quantitative estimate of drug-likeness (QED) is 0.496. The molecule has 130 valence electrons. The van der Waals surface area contributed by atoms with E-state index in [1.54, 1.807) is 19.2 Å². The average Bonchev–Trinajstić information content (AvgIpc) is 2.95. The molecule has 1 aromatic heterocycles. The Morgan fingerprint density at radius 2 is 1.84 bits per heavy atom. The number of cyclic esters (lactones) is 2. The lowest BCUT2D eigenvalue weighted by Crippen LogP contribution is -2.42. The van der Waals surface area contributed by atoms with Gasteiger partial charge in [-0.2, -0.15) is 0 Å². The molecule has 7 nitrogen and oxygen atoms in total. The third kappa shape index (κ3) is 3.48. The highest BCUT2D eigenvalue weighted by molar-refractivity contribution is 7.20. The Labute approximate surface area is 147 Å². The first-order valence-electron chi connectivity index (χ1n) is 7.48. The Morgan fingerprint density at radius 3 is 2.48 bits per heavy atom. The molecule has 1 fully saturated rings. The minimum atomic E-state index is -1.27. The summed E-state index contributed by atoms with van der Waals surface area (Å²) in [6.07, 6.45) is 1.26. The maximum atomic E-state index is 11.9. The molecule has 0 radical (unpaired) electrons. The molecule has 1 aromatic carbocycles. The van der Waals surface area contributed by atoms with Gasteiger partial charge in [0.1, 0.15) is 0 Å². The zero-order chi connectivity index (χ0) is 18.2. The molecule has 0 aliphatic carbocycles. The van der Waals surface area contributed by atoms with Crippen molar-refractivity contribution < 1.29 is 23.9 Å². The van der Waals surface area contributed by atoms with E-state index in [1.165, 1.54) is 31.4 Å². The van der Waals surface area contributed by atoms with Crippen LogP contribution in [0.5, 0.6) is 0 Å². The summed E-state index contributed by atoms with van der Waals surface area (Å²) in [4.78, 5) is 36.1. The number of benzene rings is 1. The second kappa shape index (κ2) is 6.21. The van der Waals surface area contributed by atoms with Crippen LogP contribution in [0.1, 0.15) is 23.5 Å². The van der Waals surface area contributed by atoms with Gasteiger partial charge in [-0.15, -0.1) is 11.3 Å². The fraction of sp³-hybridized carbons (Fsp3) is 0.235. The summed E-state index contributed by atoms with van der Waals surface area (Å²) in [6.45, 7) is 2.98. The Bertz CT molecular complexity index is 891. The smallest absolute Gasteiger partial charge is 0.350 e. The lowest BCUT2D eigenvalue weighted by atomic mass is 10.2. The van der Waals surface area contributed by atoms with E-state index in [1.807, 2.05) is 12.1 Å². The minimum absolute atomic E-state index is 0.145. The molecule has 0 saturated carbocycles. The van der Waals surface area contributed by atoms with Gasteiger partial charge in [0.2, 0.25) is 0 Å². The van der Waals surface area contributed by atoms with Gasteiger partial charge in [0, 0.05) is 37.5 Å². The van der Waals surface area contributed by atoms with Gasteiger partial charge in [-0.05, 0) is 29.7 Å². The predicted molar refractivity (Wildman–Crippen MR) is 93.2 cm³/mol. The van der Waals surface area contributed by atoms with Crippen LogP contribution < -0.4 is 10.6 Å². The number of hydrogen-bond acceptors (Lipinski definition) is 7. The van der Waals surface area contributed by atoms with Crippen LogP contribution in [0.25, 0.3) is 10.1 Å². The molecule has 2 heterocycles. The van der Waals surface area contributed by atoms with E-state index < -0.39 is 17.7 Å². The van der Waals surface area contributed by atoms with Gasteiger partial charge < -0.3 is 20.1 Å². The standard InChI is InChI=1S/C17H16N2O5S/c1-17(2)23-15(21)11(16(22)24-17)8-19-10-4-5-12-9(6-10)7-13(25-12)14(20)18-3/h4-8,19H,1-3H3,(H,18,20). The Morgan fingerprint density at radius 1 is 1.16 bits per heavy atom. The van der Waals surface area contributed by atoms with Crippen LogP contribution in [0.2, 0.25) is 0 Å². The van der Waals surface area contributed by atoms with E-state index in [9.17, 15) is 14.4 Å². The topological polar surface area (TPSA) is 93.7 Å². The maximum absolute atomic E-state index is 11.9. The number of carbonyl (C=O) groups is 3. The van der Waals surface area contributed by atoms with Crippen molar-refractivity contribution >= 4 is 45.0 Å². The van der Waals surface area contributed by atoms with Crippen LogP contribution in [-0.4, -0.2) is 30.7 Å². The summed E-state index contributed by atoms with van der Waals surface area (Å²) in [5.41, 5.74) is 0.447. The minimum Gasteiger partial charge on any atom is -0.419 e. The normalized spacial score (nSPS) is 16.2. The number of anilines is 1. The van der Waals surface area contributed by atoms with Gasteiger partial charge in [0.25, 0.3) is 11.7 Å². The molecule has 2 aromatic rings. The fourth-order valence-electron chi connectivity index (χ4n) is 2.30. The second-order valence-electron chi connectivity index (χ2n) is 5.82. The maximum Gasteiger partial charge on any atom is 0.350 e. The second-order valence-corrected chi connectivity index (χ2v) is 6.91. The van der Waals surface area contributed by atoms with Crippen molar-refractivity contribution in [3.63, 3.8) is 0 Å². The predicted octanol–water partition coefficient (Wildman–Crippen LogP) is 2.39. The number of rotatable bonds is 3. The highest BCUT2D eigenvalue weighted by atomic mass is 32.1. The first kappa shape index (κ1) is 17.0. The molecule has 0 unspecified atom stereocenters. The highest BCUT2D eigenvalue weighted by Gasteiger charge is 2.38. The number of hydrogen-bond donors (Lipinski definition) is 2. The number of ether oxygens (including phenoxy) is 2. The summed E-state index contributed by atoms with van der Waals surface area (Å²) in [6, 6.07) is 7.24. The molecule has 1 aliphatic rings. The largest absolute Gasteiger partial charge is 0.419 e. The molecule has 0 spiro atoms. The van der Waals surface area contributed by atoms with Crippen molar-refractivity contribution in [3.05, 3.63) is 40.9 Å². The molecule has 1 amide bonds. The van der Waals surface area contributed by atoms with Gasteiger partial charge >= 0.3 is 11.9 Å². The number of carbonyl (C=O) groups excluding carboxylic acids is 3. The van der Waals surface area contributed by atoms with Crippen molar-refractivity contribution in [3.8, 4) is 0 Å². The first-order chi connectivity index (χ1) is 11.8. The van der Waals surface area contributed by atoms with E-state index in [4.69, 9.17) is 9.47 Å². The van der Waals surface area contributed by atoms with E-state index >= 15 is 0 Å². The van der Waals surface area contributed by atoms with Crippen LogP contribution in [0.15, 0.2) is 36.0 Å². The molecule has 0 atom stereocenters. The summed E-state index contributed by atoms with van der Waals surface area (Å²) in [5.74, 6) is -2.90. The molecule has 2 N–H and O–H groups in total. The monoisotopic (exact) mass is 360 g/mol. The van der Waals surface area contributed by atoms with Gasteiger partial charge in [0.15, 0.2) is 5.57 Å².